The van der Waals surface area contributed by atoms with Gasteiger partial charge in [-0.3, -0.25) is 4.79 Å². The summed E-state index contributed by atoms with van der Waals surface area (Å²) in [6.45, 7) is 4.59. The van der Waals surface area contributed by atoms with Gasteiger partial charge in [-0.15, -0.1) is 6.58 Å². The maximum Gasteiger partial charge on any atom is 0.283 e. The number of nitrogens with one attached hydrogen (secondary N) is 1. The standard InChI is InChI=1S/C14H13Br2N3O/c1-2-7-19-14(20)13(16)12(9-18-19)17-8-10-5-3-4-6-11(10)15/h2-6,9,17H,1,7-8H2. The van der Waals surface area contributed by atoms with Crippen LogP contribution >= 0.6 is 31.9 Å². The molecule has 0 aliphatic rings. The predicted molar refractivity (Wildman–Crippen MR) is 87.9 cm³/mol. The van der Waals surface area contributed by atoms with E-state index in [9.17, 15) is 4.79 Å². The number of hydrogen-bond donors (Lipinski definition) is 1. The summed E-state index contributed by atoms with van der Waals surface area (Å²) in [7, 11) is 0. The molecule has 104 valence electrons. The van der Waals surface area contributed by atoms with Crippen LogP contribution in [0, 0.1) is 0 Å². The van der Waals surface area contributed by atoms with E-state index in [2.05, 4.69) is 48.9 Å². The minimum absolute atomic E-state index is 0.179. The van der Waals surface area contributed by atoms with Crippen molar-refractivity contribution in [2.45, 2.75) is 13.1 Å². The van der Waals surface area contributed by atoms with Gasteiger partial charge in [-0.1, -0.05) is 40.2 Å². The van der Waals surface area contributed by atoms with Gasteiger partial charge in [0.1, 0.15) is 4.47 Å². The fourth-order valence-corrected chi connectivity index (χ4v) is 2.55. The van der Waals surface area contributed by atoms with Gasteiger partial charge in [-0.25, -0.2) is 4.68 Å². The van der Waals surface area contributed by atoms with Gasteiger partial charge in [0, 0.05) is 11.0 Å². The van der Waals surface area contributed by atoms with Gasteiger partial charge >= 0.3 is 0 Å². The largest absolute Gasteiger partial charge is 0.379 e. The lowest BCUT2D eigenvalue weighted by atomic mass is 10.2. The Morgan fingerprint density at radius 3 is 2.80 bits per heavy atom. The quantitative estimate of drug-likeness (QED) is 0.783. The molecule has 0 saturated heterocycles. The topological polar surface area (TPSA) is 46.9 Å². The normalized spacial score (nSPS) is 10.3. The van der Waals surface area contributed by atoms with E-state index in [1.807, 2.05) is 24.3 Å². The molecule has 0 spiro atoms. The van der Waals surface area contributed by atoms with Crippen LogP contribution in [-0.4, -0.2) is 9.78 Å². The summed E-state index contributed by atoms with van der Waals surface area (Å²) in [4.78, 5) is 12.0. The summed E-state index contributed by atoms with van der Waals surface area (Å²) in [6.07, 6.45) is 3.26. The van der Waals surface area contributed by atoms with Gasteiger partial charge in [-0.05, 0) is 27.6 Å². The Labute approximate surface area is 133 Å². The molecular formula is C14H13Br2N3O. The van der Waals surface area contributed by atoms with Crippen LogP contribution in [0.2, 0.25) is 0 Å². The molecule has 2 aromatic rings. The number of anilines is 1. The number of hydrogen-bond acceptors (Lipinski definition) is 3. The molecule has 0 bridgehead atoms. The molecule has 0 aliphatic carbocycles. The van der Waals surface area contributed by atoms with E-state index in [1.54, 1.807) is 12.3 Å². The summed E-state index contributed by atoms with van der Waals surface area (Å²) in [6, 6.07) is 7.92. The maximum atomic E-state index is 12.0. The molecule has 20 heavy (non-hydrogen) atoms. The number of allylic oxidation sites excluding steroid dienone is 1. The SMILES string of the molecule is C=CCn1ncc(NCc2ccccc2Br)c(Br)c1=O. The summed E-state index contributed by atoms with van der Waals surface area (Å²) < 4.78 is 2.85. The molecule has 0 saturated carbocycles. The van der Waals surface area contributed by atoms with Gasteiger partial charge in [0.05, 0.1) is 18.4 Å². The van der Waals surface area contributed by atoms with E-state index < -0.39 is 0 Å². The molecule has 0 radical (unpaired) electrons. The highest BCUT2D eigenvalue weighted by Gasteiger charge is 2.08. The molecule has 1 heterocycles. The second-order valence-corrected chi connectivity index (χ2v) is 5.74. The van der Waals surface area contributed by atoms with E-state index in [0.717, 1.165) is 10.0 Å². The first kappa shape index (κ1) is 15.0. The molecule has 0 amide bonds. The zero-order valence-electron chi connectivity index (χ0n) is 10.6. The first-order valence-corrected chi connectivity index (χ1v) is 7.56. The zero-order chi connectivity index (χ0) is 14.5. The molecule has 0 fully saturated rings. The van der Waals surface area contributed by atoms with Crippen LogP contribution in [0.5, 0.6) is 0 Å². The van der Waals surface area contributed by atoms with Crippen LogP contribution in [0.25, 0.3) is 0 Å². The molecular weight excluding hydrogens is 386 g/mol. The van der Waals surface area contributed by atoms with Crippen molar-refractivity contribution >= 4 is 37.5 Å². The third kappa shape index (κ3) is 3.37. The molecule has 1 aromatic carbocycles. The lowest BCUT2D eigenvalue weighted by Crippen LogP contribution is -2.23. The van der Waals surface area contributed by atoms with E-state index in [4.69, 9.17) is 0 Å². The van der Waals surface area contributed by atoms with Crippen LogP contribution in [0.3, 0.4) is 0 Å². The van der Waals surface area contributed by atoms with Crippen LogP contribution in [-0.2, 0) is 13.1 Å². The lowest BCUT2D eigenvalue weighted by Gasteiger charge is -2.10. The Balaban J connectivity index is 2.19. The Bertz CT molecular complexity index is 682. The van der Waals surface area contributed by atoms with Crippen molar-refractivity contribution in [2.24, 2.45) is 0 Å². The van der Waals surface area contributed by atoms with Crippen LogP contribution < -0.4 is 10.9 Å². The highest BCUT2D eigenvalue weighted by Crippen LogP contribution is 2.20. The molecule has 0 atom stereocenters. The maximum absolute atomic E-state index is 12.0. The molecule has 4 nitrogen and oxygen atoms in total. The van der Waals surface area contributed by atoms with Crippen LogP contribution in [0.15, 0.2) is 56.9 Å². The number of nitrogens with zero attached hydrogens (tertiary/aromatic N) is 2. The van der Waals surface area contributed by atoms with Gasteiger partial charge in [-0.2, -0.15) is 5.10 Å². The Morgan fingerprint density at radius 1 is 1.35 bits per heavy atom. The fourth-order valence-electron chi connectivity index (χ4n) is 1.67. The monoisotopic (exact) mass is 397 g/mol. The van der Waals surface area contributed by atoms with E-state index in [0.29, 0.717) is 23.2 Å². The van der Waals surface area contributed by atoms with Crippen LogP contribution in [0.1, 0.15) is 5.56 Å². The van der Waals surface area contributed by atoms with Crippen molar-refractivity contribution in [3.05, 3.63) is 68.0 Å². The van der Waals surface area contributed by atoms with E-state index in [1.165, 1.54) is 4.68 Å². The molecule has 1 N–H and O–H groups in total. The summed E-state index contributed by atoms with van der Waals surface area (Å²) in [5.41, 5.74) is 1.60. The highest BCUT2D eigenvalue weighted by molar-refractivity contribution is 9.10. The Morgan fingerprint density at radius 2 is 2.10 bits per heavy atom. The summed E-state index contributed by atoms with van der Waals surface area (Å²) in [5.74, 6) is 0. The van der Waals surface area contributed by atoms with Gasteiger partial charge in [0.15, 0.2) is 0 Å². The van der Waals surface area contributed by atoms with Crippen molar-refractivity contribution in [1.29, 1.82) is 0 Å². The van der Waals surface area contributed by atoms with Crippen molar-refractivity contribution < 1.29 is 0 Å². The molecule has 6 heteroatoms. The molecule has 2 rings (SSSR count). The first-order valence-electron chi connectivity index (χ1n) is 5.97. The Kier molecular flexibility index (Phi) is 5.14. The fraction of sp³-hybridized carbons (Fsp3) is 0.143. The number of rotatable bonds is 5. The second-order valence-electron chi connectivity index (χ2n) is 4.09. The second kappa shape index (κ2) is 6.85. The Hall–Kier alpha value is -1.40. The number of benzene rings is 1. The lowest BCUT2D eigenvalue weighted by molar-refractivity contribution is 0.649. The first-order chi connectivity index (χ1) is 9.63. The third-order valence-corrected chi connectivity index (χ3v) is 4.25. The summed E-state index contributed by atoms with van der Waals surface area (Å²) >= 11 is 6.80. The smallest absolute Gasteiger partial charge is 0.283 e. The van der Waals surface area contributed by atoms with Crippen molar-refractivity contribution in [2.75, 3.05) is 5.32 Å². The molecule has 0 unspecified atom stereocenters. The third-order valence-electron chi connectivity index (χ3n) is 2.71. The average Bonchev–Trinajstić information content (AvgIpc) is 2.45. The van der Waals surface area contributed by atoms with Gasteiger partial charge < -0.3 is 5.32 Å². The number of aromatic nitrogens is 2. The van der Waals surface area contributed by atoms with Crippen LogP contribution in [0.4, 0.5) is 5.69 Å². The average molecular weight is 399 g/mol. The van der Waals surface area contributed by atoms with E-state index in [-0.39, 0.29) is 5.56 Å². The van der Waals surface area contributed by atoms with Gasteiger partial charge in [0.2, 0.25) is 0 Å². The minimum atomic E-state index is -0.179. The van der Waals surface area contributed by atoms with Crippen molar-refractivity contribution in [3.63, 3.8) is 0 Å². The van der Waals surface area contributed by atoms with E-state index >= 15 is 0 Å². The molecule has 0 aliphatic heterocycles. The van der Waals surface area contributed by atoms with Gasteiger partial charge in [0.25, 0.3) is 5.56 Å². The van der Waals surface area contributed by atoms with Crippen molar-refractivity contribution in [1.82, 2.24) is 9.78 Å². The zero-order valence-corrected chi connectivity index (χ0v) is 13.8. The van der Waals surface area contributed by atoms with Crippen molar-refractivity contribution in [3.8, 4) is 0 Å². The number of halogens is 2. The highest BCUT2D eigenvalue weighted by atomic mass is 79.9. The predicted octanol–water partition coefficient (Wildman–Crippen LogP) is 3.57. The molecule has 1 aromatic heterocycles. The summed E-state index contributed by atoms with van der Waals surface area (Å²) in [5, 5.41) is 7.29. The minimum Gasteiger partial charge on any atom is -0.379 e.